The van der Waals surface area contributed by atoms with Crippen molar-refractivity contribution in [3.05, 3.63) is 106 Å². The first-order chi connectivity index (χ1) is 18.3. The molecule has 3 heterocycles. The normalized spacial score (nSPS) is 12.3. The lowest BCUT2D eigenvalue weighted by molar-refractivity contribution is 0.0990. The highest BCUT2D eigenvalue weighted by atomic mass is 19.1. The molecule has 38 heavy (non-hydrogen) atoms. The van der Waals surface area contributed by atoms with Crippen molar-refractivity contribution in [3.63, 3.8) is 0 Å². The van der Waals surface area contributed by atoms with E-state index in [1.54, 1.807) is 56.6 Å². The molecule has 1 aliphatic rings. The molecule has 6 nitrogen and oxygen atoms in total. The van der Waals surface area contributed by atoms with E-state index in [1.807, 2.05) is 6.07 Å². The molecule has 0 spiro atoms. The zero-order valence-corrected chi connectivity index (χ0v) is 20.9. The van der Waals surface area contributed by atoms with E-state index in [-0.39, 0.29) is 17.5 Å². The number of halogens is 2. The van der Waals surface area contributed by atoms with Crippen LogP contribution in [0.4, 0.5) is 14.5 Å². The molecule has 0 radical (unpaired) electrons. The van der Waals surface area contributed by atoms with Gasteiger partial charge in [-0.25, -0.2) is 18.7 Å². The summed E-state index contributed by atoms with van der Waals surface area (Å²) in [5.41, 5.74) is 3.35. The molecular weight excluding hydrogens is 484 g/mol. The lowest BCUT2D eigenvalue weighted by atomic mass is 9.85. The van der Waals surface area contributed by atoms with Crippen molar-refractivity contribution in [2.75, 3.05) is 0 Å². The van der Waals surface area contributed by atoms with Crippen molar-refractivity contribution in [1.29, 1.82) is 5.26 Å². The van der Waals surface area contributed by atoms with Crippen LogP contribution in [0.1, 0.15) is 52.3 Å². The number of pyridine rings is 1. The minimum Gasteiger partial charge on any atom is -0.294 e. The van der Waals surface area contributed by atoms with E-state index in [0.717, 1.165) is 5.69 Å². The fraction of sp³-hybridized carbons (Fsp3) is 0.200. The molecule has 2 aromatic carbocycles. The van der Waals surface area contributed by atoms with Gasteiger partial charge >= 0.3 is 0 Å². The molecule has 0 fully saturated rings. The van der Waals surface area contributed by atoms with Gasteiger partial charge in [0.15, 0.2) is 5.78 Å². The summed E-state index contributed by atoms with van der Waals surface area (Å²) in [6, 6.07) is 15.0. The average molecular weight is 508 g/mol. The Morgan fingerprint density at radius 1 is 1.08 bits per heavy atom. The number of carbonyl (C=O) groups is 1. The summed E-state index contributed by atoms with van der Waals surface area (Å²) in [5, 5.41) is 9.42. The van der Waals surface area contributed by atoms with Gasteiger partial charge in [-0.3, -0.25) is 14.8 Å². The molecule has 2 aromatic heterocycles. The first-order valence-electron chi connectivity index (χ1n) is 12.1. The number of rotatable bonds is 7. The molecule has 5 rings (SSSR count). The Hall–Kier alpha value is -4.64. The predicted octanol–water partition coefficient (Wildman–Crippen LogP) is 5.89. The van der Waals surface area contributed by atoms with Crippen molar-refractivity contribution < 1.29 is 13.6 Å². The minimum absolute atomic E-state index is 0.0673. The van der Waals surface area contributed by atoms with Gasteiger partial charge in [-0.1, -0.05) is 24.3 Å². The van der Waals surface area contributed by atoms with Crippen LogP contribution in [-0.2, 0) is 24.7 Å². The predicted molar refractivity (Wildman–Crippen MR) is 139 cm³/mol. The first-order valence-corrected chi connectivity index (χ1v) is 12.1. The molecule has 0 N–H and O–H groups in total. The first kappa shape index (κ1) is 25.0. The van der Waals surface area contributed by atoms with E-state index in [4.69, 9.17) is 0 Å². The van der Waals surface area contributed by atoms with Crippen LogP contribution in [0.15, 0.2) is 66.0 Å². The van der Waals surface area contributed by atoms with Crippen molar-refractivity contribution >= 4 is 17.7 Å². The second-order valence-corrected chi connectivity index (χ2v) is 9.62. The average Bonchev–Trinajstić information content (AvgIpc) is 3.42. The molecule has 4 aromatic rings. The lowest BCUT2D eigenvalue weighted by Crippen LogP contribution is -2.15. The molecule has 188 valence electrons. The maximum atomic E-state index is 15.7. The topological polar surface area (TPSA) is 91.9 Å². The third kappa shape index (κ3) is 4.71. The van der Waals surface area contributed by atoms with Crippen LogP contribution < -0.4 is 0 Å². The molecule has 0 saturated heterocycles. The fourth-order valence-corrected chi connectivity index (χ4v) is 4.45. The highest BCUT2D eigenvalue weighted by Crippen LogP contribution is 2.35. The van der Waals surface area contributed by atoms with Gasteiger partial charge < -0.3 is 0 Å². The monoisotopic (exact) mass is 507 g/mol. The third-order valence-electron chi connectivity index (χ3n) is 6.70. The molecular formula is C30H23F2N5O. The number of hydrogen-bond acceptors (Lipinski definition) is 6. The summed E-state index contributed by atoms with van der Waals surface area (Å²) in [6.45, 7) is 3.49. The van der Waals surface area contributed by atoms with Crippen LogP contribution in [0, 0.1) is 23.0 Å². The van der Waals surface area contributed by atoms with E-state index in [9.17, 15) is 14.4 Å². The number of hydrogen-bond donors (Lipinski definition) is 0. The highest BCUT2D eigenvalue weighted by molar-refractivity contribution is 5.97. The van der Waals surface area contributed by atoms with Crippen molar-refractivity contribution in [2.45, 2.75) is 38.5 Å². The number of aromatic nitrogens is 3. The Morgan fingerprint density at radius 2 is 1.92 bits per heavy atom. The second kappa shape index (κ2) is 10.0. The quantitative estimate of drug-likeness (QED) is 0.291. The maximum absolute atomic E-state index is 15.7. The van der Waals surface area contributed by atoms with E-state index in [1.165, 1.54) is 18.5 Å². The minimum atomic E-state index is -0.803. The van der Waals surface area contributed by atoms with Crippen LogP contribution >= 0.6 is 0 Å². The fourth-order valence-electron chi connectivity index (χ4n) is 4.45. The summed E-state index contributed by atoms with van der Waals surface area (Å²) >= 11 is 0. The zero-order valence-electron chi connectivity index (χ0n) is 20.9. The number of Topliss-reactive ketones (excluding diaryl/α,β-unsaturated/α-hetero) is 1. The van der Waals surface area contributed by atoms with Crippen LogP contribution in [0.25, 0.3) is 11.3 Å². The number of carbonyl (C=O) groups excluding carboxylic acids is 1. The maximum Gasteiger partial charge on any atom is 0.167 e. The molecule has 8 heteroatoms. The molecule has 0 saturated carbocycles. The van der Waals surface area contributed by atoms with E-state index >= 15 is 4.39 Å². The Labute approximate surface area is 218 Å². The summed E-state index contributed by atoms with van der Waals surface area (Å²) in [7, 11) is 0. The smallest absolute Gasteiger partial charge is 0.167 e. The molecule has 0 bridgehead atoms. The van der Waals surface area contributed by atoms with E-state index < -0.39 is 29.3 Å². The van der Waals surface area contributed by atoms with Crippen LogP contribution in [-0.4, -0.2) is 26.9 Å². The number of nitrogens with zero attached hydrogens (tertiary/aromatic N) is 5. The Morgan fingerprint density at radius 3 is 2.74 bits per heavy atom. The van der Waals surface area contributed by atoms with Gasteiger partial charge in [0, 0.05) is 48.4 Å². The van der Waals surface area contributed by atoms with Gasteiger partial charge in [-0.2, -0.15) is 5.26 Å². The van der Waals surface area contributed by atoms with Crippen LogP contribution in [0.2, 0.25) is 0 Å². The standard InChI is InChI=1S/C30H23F2N5O/c1-30(2,16-33)20-6-3-5-18(13-20)26(38)15-22-23(31)9-8-19(27(22)32)14-25-21(7-4-11-34-25)28-29-24(10-12-35-29)36-17-37-28/h3-9,11-13,17H,10,14-15H2,1-2H3. The van der Waals surface area contributed by atoms with E-state index in [0.29, 0.717) is 40.2 Å². The Kier molecular flexibility index (Phi) is 6.60. The molecule has 0 aliphatic carbocycles. The summed E-state index contributed by atoms with van der Waals surface area (Å²) in [6.07, 6.45) is 5.06. The number of ketones is 1. The summed E-state index contributed by atoms with van der Waals surface area (Å²) in [4.78, 5) is 30.6. The molecule has 0 amide bonds. The van der Waals surface area contributed by atoms with Gasteiger partial charge in [0.25, 0.3) is 0 Å². The SMILES string of the molecule is CC(C)(C#N)c1cccc(C(=O)Cc2c(F)ccc(Cc3ncccc3-c3ncnc4c3N=CC4)c2F)c1. The van der Waals surface area contributed by atoms with Gasteiger partial charge in [-0.05, 0) is 49.2 Å². The van der Waals surface area contributed by atoms with Crippen molar-refractivity contribution in [2.24, 2.45) is 4.99 Å². The highest BCUT2D eigenvalue weighted by Gasteiger charge is 2.24. The third-order valence-corrected chi connectivity index (χ3v) is 6.70. The summed E-state index contributed by atoms with van der Waals surface area (Å²) < 4.78 is 30.4. The number of nitriles is 1. The van der Waals surface area contributed by atoms with Crippen LogP contribution in [0.3, 0.4) is 0 Å². The van der Waals surface area contributed by atoms with Gasteiger partial charge in [0.1, 0.15) is 29.3 Å². The van der Waals surface area contributed by atoms with Crippen LogP contribution in [0.5, 0.6) is 0 Å². The number of benzene rings is 2. The Balaban J connectivity index is 1.46. The second-order valence-electron chi connectivity index (χ2n) is 9.62. The summed E-state index contributed by atoms with van der Waals surface area (Å²) in [5.74, 6) is -2.02. The van der Waals surface area contributed by atoms with Gasteiger partial charge in [-0.15, -0.1) is 0 Å². The van der Waals surface area contributed by atoms with Crippen molar-refractivity contribution in [3.8, 4) is 17.3 Å². The molecule has 0 unspecified atom stereocenters. The van der Waals surface area contributed by atoms with Crippen molar-refractivity contribution in [1.82, 2.24) is 15.0 Å². The lowest BCUT2D eigenvalue weighted by Gasteiger charge is -2.16. The van der Waals surface area contributed by atoms with E-state index in [2.05, 4.69) is 26.0 Å². The zero-order chi connectivity index (χ0) is 26.9. The van der Waals surface area contributed by atoms with Gasteiger partial charge in [0.2, 0.25) is 0 Å². The number of fused-ring (bicyclic) bond motifs is 1. The number of aliphatic imine (C=N–C) groups is 1. The Bertz CT molecular complexity index is 1640. The molecule has 0 atom stereocenters. The molecule has 1 aliphatic heterocycles. The largest absolute Gasteiger partial charge is 0.294 e. The van der Waals surface area contributed by atoms with Gasteiger partial charge in [0.05, 0.1) is 22.9 Å².